The predicted molar refractivity (Wildman–Crippen MR) is 87.6 cm³/mol. The minimum atomic E-state index is 0.0116. The SMILES string of the molecule is CSCCCCCCNC(=O)c1cc(S)ccc1C. The van der Waals surface area contributed by atoms with E-state index in [0.717, 1.165) is 29.0 Å². The Hall–Kier alpha value is -0.610. The van der Waals surface area contributed by atoms with E-state index >= 15 is 0 Å². The number of benzene rings is 1. The van der Waals surface area contributed by atoms with Crippen LogP contribution in [0.1, 0.15) is 41.6 Å². The largest absolute Gasteiger partial charge is 0.352 e. The summed E-state index contributed by atoms with van der Waals surface area (Å²) in [6.45, 7) is 2.71. The van der Waals surface area contributed by atoms with Gasteiger partial charge in [-0.1, -0.05) is 18.9 Å². The van der Waals surface area contributed by atoms with Crippen LogP contribution in [0.4, 0.5) is 0 Å². The molecule has 0 aliphatic rings. The molecule has 0 bridgehead atoms. The molecule has 0 spiro atoms. The molecule has 2 nitrogen and oxygen atoms in total. The number of thiol groups is 1. The fourth-order valence-corrected chi connectivity index (χ4v) is 2.57. The van der Waals surface area contributed by atoms with Crippen LogP contribution in [0.15, 0.2) is 23.1 Å². The smallest absolute Gasteiger partial charge is 0.251 e. The van der Waals surface area contributed by atoms with Crippen molar-refractivity contribution in [1.82, 2.24) is 5.32 Å². The summed E-state index contributed by atoms with van der Waals surface area (Å²) in [7, 11) is 0. The average Bonchev–Trinajstić information content (AvgIpc) is 2.40. The van der Waals surface area contributed by atoms with Crippen LogP contribution in [0.2, 0.25) is 0 Å². The number of amides is 1. The van der Waals surface area contributed by atoms with Gasteiger partial charge < -0.3 is 5.32 Å². The Kier molecular flexibility index (Phi) is 8.07. The van der Waals surface area contributed by atoms with Crippen molar-refractivity contribution in [2.75, 3.05) is 18.6 Å². The van der Waals surface area contributed by atoms with Crippen molar-refractivity contribution in [1.29, 1.82) is 0 Å². The van der Waals surface area contributed by atoms with E-state index in [1.165, 1.54) is 25.0 Å². The van der Waals surface area contributed by atoms with Crippen molar-refractivity contribution < 1.29 is 4.79 Å². The summed E-state index contributed by atoms with van der Waals surface area (Å²) in [4.78, 5) is 12.8. The van der Waals surface area contributed by atoms with Crippen LogP contribution < -0.4 is 5.32 Å². The summed E-state index contributed by atoms with van der Waals surface area (Å²) >= 11 is 6.16. The summed E-state index contributed by atoms with van der Waals surface area (Å²) in [5.41, 5.74) is 1.73. The van der Waals surface area contributed by atoms with Gasteiger partial charge in [-0.15, -0.1) is 12.6 Å². The number of carbonyl (C=O) groups is 1. The monoisotopic (exact) mass is 297 g/mol. The second-order valence-corrected chi connectivity index (χ2v) is 6.16. The van der Waals surface area contributed by atoms with Crippen LogP contribution in [0, 0.1) is 6.92 Å². The Bertz CT molecular complexity index is 407. The molecule has 0 radical (unpaired) electrons. The van der Waals surface area contributed by atoms with Crippen molar-refractivity contribution in [3.63, 3.8) is 0 Å². The van der Waals surface area contributed by atoms with E-state index in [1.54, 1.807) is 0 Å². The highest BCUT2D eigenvalue weighted by atomic mass is 32.2. The lowest BCUT2D eigenvalue weighted by atomic mass is 10.1. The lowest BCUT2D eigenvalue weighted by molar-refractivity contribution is 0.0952. The zero-order chi connectivity index (χ0) is 14.1. The Morgan fingerprint density at radius 3 is 2.74 bits per heavy atom. The number of nitrogens with one attached hydrogen (secondary N) is 1. The maximum Gasteiger partial charge on any atom is 0.251 e. The Morgan fingerprint density at radius 1 is 1.26 bits per heavy atom. The minimum Gasteiger partial charge on any atom is -0.352 e. The Balaban J connectivity index is 2.26. The fraction of sp³-hybridized carbons (Fsp3) is 0.533. The number of carbonyl (C=O) groups excluding carboxylic acids is 1. The van der Waals surface area contributed by atoms with E-state index in [2.05, 4.69) is 24.2 Å². The van der Waals surface area contributed by atoms with Gasteiger partial charge in [-0.25, -0.2) is 0 Å². The van der Waals surface area contributed by atoms with Crippen molar-refractivity contribution in [3.05, 3.63) is 29.3 Å². The summed E-state index contributed by atoms with van der Waals surface area (Å²) in [6, 6.07) is 5.66. The molecule has 0 heterocycles. The van der Waals surface area contributed by atoms with Gasteiger partial charge >= 0.3 is 0 Å². The van der Waals surface area contributed by atoms with Crippen LogP contribution in [0.5, 0.6) is 0 Å². The van der Waals surface area contributed by atoms with E-state index in [1.807, 2.05) is 36.9 Å². The first-order valence-corrected chi connectivity index (χ1v) is 8.56. The molecule has 0 saturated heterocycles. The molecule has 1 amide bonds. The second kappa shape index (κ2) is 9.32. The summed E-state index contributed by atoms with van der Waals surface area (Å²) in [6.07, 6.45) is 6.90. The average molecular weight is 297 g/mol. The summed E-state index contributed by atoms with van der Waals surface area (Å²) < 4.78 is 0. The third-order valence-corrected chi connectivity index (χ3v) is 4.00. The number of unbranched alkanes of at least 4 members (excludes halogenated alkanes) is 3. The highest BCUT2D eigenvalue weighted by Gasteiger charge is 2.08. The van der Waals surface area contributed by atoms with Crippen molar-refractivity contribution in [3.8, 4) is 0 Å². The lowest BCUT2D eigenvalue weighted by Crippen LogP contribution is -2.25. The molecule has 106 valence electrons. The highest BCUT2D eigenvalue weighted by molar-refractivity contribution is 7.98. The van der Waals surface area contributed by atoms with Gasteiger partial charge in [0.05, 0.1) is 0 Å². The Morgan fingerprint density at radius 2 is 2.00 bits per heavy atom. The molecule has 4 heteroatoms. The normalized spacial score (nSPS) is 10.5. The number of rotatable bonds is 8. The molecule has 1 aromatic rings. The zero-order valence-electron chi connectivity index (χ0n) is 11.7. The molecular weight excluding hydrogens is 274 g/mol. The number of hydrogen-bond donors (Lipinski definition) is 2. The standard InChI is InChI=1S/C15H23NOS2/c1-12-7-8-13(18)11-14(12)15(17)16-9-5-3-4-6-10-19-2/h7-8,11,18H,3-6,9-10H2,1-2H3,(H,16,17). The first-order valence-electron chi connectivity index (χ1n) is 6.72. The summed E-state index contributed by atoms with van der Waals surface area (Å²) in [5, 5.41) is 2.98. The molecule has 1 rings (SSSR count). The molecule has 0 aromatic heterocycles. The van der Waals surface area contributed by atoms with Crippen LogP contribution in [-0.2, 0) is 0 Å². The molecule has 0 aliphatic carbocycles. The Labute approximate surface area is 126 Å². The maximum atomic E-state index is 12.0. The number of aryl methyl sites for hydroxylation is 1. The van der Waals surface area contributed by atoms with E-state index in [0.29, 0.717) is 0 Å². The van der Waals surface area contributed by atoms with Crippen LogP contribution in [0.25, 0.3) is 0 Å². The predicted octanol–water partition coefficient (Wildman–Crippen LogP) is 3.94. The molecule has 0 atom stereocenters. The topological polar surface area (TPSA) is 29.1 Å². The third kappa shape index (κ3) is 6.39. The van der Waals surface area contributed by atoms with E-state index < -0.39 is 0 Å². The van der Waals surface area contributed by atoms with Gasteiger partial charge in [-0.05, 0) is 49.5 Å². The van der Waals surface area contributed by atoms with Crippen molar-refractivity contribution >= 4 is 30.3 Å². The molecule has 1 aromatic carbocycles. The first kappa shape index (κ1) is 16.4. The molecule has 0 fully saturated rings. The van der Waals surface area contributed by atoms with E-state index in [4.69, 9.17) is 0 Å². The third-order valence-electron chi connectivity index (χ3n) is 3.03. The fourth-order valence-electron chi connectivity index (χ4n) is 1.88. The minimum absolute atomic E-state index is 0.0116. The quantitative estimate of drug-likeness (QED) is 0.562. The maximum absolute atomic E-state index is 12.0. The molecule has 1 N–H and O–H groups in total. The molecule has 19 heavy (non-hydrogen) atoms. The molecule has 0 saturated carbocycles. The van der Waals surface area contributed by atoms with Crippen LogP contribution in [0.3, 0.4) is 0 Å². The number of thioether (sulfide) groups is 1. The van der Waals surface area contributed by atoms with Gasteiger partial charge in [-0.2, -0.15) is 11.8 Å². The second-order valence-electron chi connectivity index (χ2n) is 4.66. The van der Waals surface area contributed by atoms with Gasteiger partial charge in [0, 0.05) is 17.0 Å². The van der Waals surface area contributed by atoms with E-state index in [9.17, 15) is 4.79 Å². The molecule has 0 unspecified atom stereocenters. The van der Waals surface area contributed by atoms with E-state index in [-0.39, 0.29) is 5.91 Å². The van der Waals surface area contributed by atoms with Crippen LogP contribution in [-0.4, -0.2) is 24.5 Å². The number of hydrogen-bond acceptors (Lipinski definition) is 3. The van der Waals surface area contributed by atoms with Crippen molar-refractivity contribution in [2.45, 2.75) is 37.5 Å². The lowest BCUT2D eigenvalue weighted by Gasteiger charge is -2.08. The van der Waals surface area contributed by atoms with Gasteiger partial charge in [0.1, 0.15) is 0 Å². The van der Waals surface area contributed by atoms with Gasteiger partial charge in [-0.3, -0.25) is 4.79 Å². The van der Waals surface area contributed by atoms with Gasteiger partial charge in [0.2, 0.25) is 0 Å². The van der Waals surface area contributed by atoms with Gasteiger partial charge in [0.15, 0.2) is 0 Å². The van der Waals surface area contributed by atoms with Crippen LogP contribution >= 0.6 is 24.4 Å². The van der Waals surface area contributed by atoms with Gasteiger partial charge in [0.25, 0.3) is 5.91 Å². The molecular formula is C15H23NOS2. The first-order chi connectivity index (χ1) is 9.15. The summed E-state index contributed by atoms with van der Waals surface area (Å²) in [5.74, 6) is 1.25. The zero-order valence-corrected chi connectivity index (χ0v) is 13.4. The highest BCUT2D eigenvalue weighted by Crippen LogP contribution is 2.14. The van der Waals surface area contributed by atoms with Crippen molar-refractivity contribution in [2.24, 2.45) is 0 Å². The molecule has 0 aliphatic heterocycles.